The Balaban J connectivity index is 1.62. The van der Waals surface area contributed by atoms with E-state index in [1.54, 1.807) is 0 Å². The standard InChI is InChI=1S/C14H24N2O10/c1-24-13-11(22)9(20)7(18)5(26-13)2-15-14(23)16-4-3-25-12(16)10(21)8(19)6(4)17/h4-13,17-22H,2-3H2,1H3,(H,15,23)/t4-,5+,6+,7+,8-,9-,10-,11+,12+,13-/m0/s1. The molecule has 10 atom stereocenters. The van der Waals surface area contributed by atoms with Crippen LogP contribution in [0.1, 0.15) is 0 Å². The van der Waals surface area contributed by atoms with Gasteiger partial charge >= 0.3 is 6.03 Å². The van der Waals surface area contributed by atoms with Crippen LogP contribution in [-0.4, -0.2) is 123 Å². The number of amides is 2. The van der Waals surface area contributed by atoms with E-state index in [-0.39, 0.29) is 13.2 Å². The predicted octanol–water partition coefficient (Wildman–Crippen LogP) is -4.73. The lowest BCUT2D eigenvalue weighted by Gasteiger charge is -2.42. The monoisotopic (exact) mass is 380 g/mol. The van der Waals surface area contributed by atoms with Crippen LogP contribution in [0.4, 0.5) is 4.79 Å². The van der Waals surface area contributed by atoms with Crippen molar-refractivity contribution < 1.29 is 49.6 Å². The highest BCUT2D eigenvalue weighted by Gasteiger charge is 2.55. The van der Waals surface area contributed by atoms with E-state index in [0.29, 0.717) is 0 Å². The Morgan fingerprint density at radius 2 is 1.69 bits per heavy atom. The summed E-state index contributed by atoms with van der Waals surface area (Å²) in [6.45, 7) is -0.291. The molecule has 3 saturated heterocycles. The van der Waals surface area contributed by atoms with E-state index in [0.717, 1.165) is 4.90 Å². The molecule has 7 N–H and O–H groups in total. The second-order valence-corrected chi connectivity index (χ2v) is 6.61. The van der Waals surface area contributed by atoms with Gasteiger partial charge in [0.2, 0.25) is 0 Å². The normalized spacial score (nSPS) is 48.5. The Morgan fingerprint density at radius 1 is 1.04 bits per heavy atom. The van der Waals surface area contributed by atoms with Gasteiger partial charge in [-0.1, -0.05) is 0 Å². The first kappa shape index (κ1) is 19.7. The largest absolute Gasteiger partial charge is 0.388 e. The summed E-state index contributed by atoms with van der Waals surface area (Å²) in [7, 11) is 1.25. The molecule has 2 amide bonds. The van der Waals surface area contributed by atoms with Gasteiger partial charge in [0, 0.05) is 13.7 Å². The summed E-state index contributed by atoms with van der Waals surface area (Å²) in [4.78, 5) is 13.5. The SMILES string of the molecule is CO[C@H]1O[C@H](CNC(=O)N2[C@@H]3OC[C@H]2[C@@H](O)[C@H](O)[C@@H]3O)[C@@H](O)[C@H](O)[C@H]1O. The van der Waals surface area contributed by atoms with E-state index in [9.17, 15) is 35.4 Å². The first-order valence-electron chi connectivity index (χ1n) is 8.22. The summed E-state index contributed by atoms with van der Waals surface area (Å²) >= 11 is 0. The van der Waals surface area contributed by atoms with Crippen LogP contribution in [0.15, 0.2) is 0 Å². The number of piperidine rings is 1. The number of fused-ring (bicyclic) bond motifs is 2. The number of hydrogen-bond acceptors (Lipinski definition) is 10. The highest BCUT2D eigenvalue weighted by atomic mass is 16.7. The number of carbonyl (C=O) groups excluding carboxylic acids is 1. The molecule has 3 heterocycles. The Kier molecular flexibility index (Phi) is 5.67. The summed E-state index contributed by atoms with van der Waals surface area (Å²) in [6.07, 6.45) is -12.1. The van der Waals surface area contributed by atoms with Crippen molar-refractivity contribution >= 4 is 6.03 Å². The number of aliphatic hydroxyl groups is 6. The lowest BCUT2D eigenvalue weighted by molar-refractivity contribution is -0.288. The smallest absolute Gasteiger partial charge is 0.320 e. The number of carbonyl (C=O) groups is 1. The summed E-state index contributed by atoms with van der Waals surface area (Å²) in [5.74, 6) is 0. The van der Waals surface area contributed by atoms with Gasteiger partial charge < -0.3 is 50.2 Å². The summed E-state index contributed by atoms with van der Waals surface area (Å²) in [5, 5.41) is 61.7. The molecule has 0 radical (unpaired) electrons. The molecule has 2 bridgehead atoms. The quantitative estimate of drug-likeness (QED) is 0.251. The first-order valence-corrected chi connectivity index (χ1v) is 8.22. The third kappa shape index (κ3) is 3.17. The summed E-state index contributed by atoms with van der Waals surface area (Å²) in [6, 6.07) is -1.55. The molecule has 12 heteroatoms. The van der Waals surface area contributed by atoms with Crippen LogP contribution in [0.25, 0.3) is 0 Å². The molecule has 0 aromatic carbocycles. The zero-order valence-electron chi connectivity index (χ0n) is 14.0. The molecule has 3 aliphatic rings. The number of methoxy groups -OCH3 is 1. The van der Waals surface area contributed by atoms with Gasteiger partial charge in [0.05, 0.1) is 12.6 Å². The maximum Gasteiger partial charge on any atom is 0.320 e. The van der Waals surface area contributed by atoms with E-state index in [1.165, 1.54) is 7.11 Å². The van der Waals surface area contributed by atoms with Crippen LogP contribution in [0.2, 0.25) is 0 Å². The third-order valence-corrected chi connectivity index (χ3v) is 5.05. The maximum absolute atomic E-state index is 12.5. The number of rotatable bonds is 3. The van der Waals surface area contributed by atoms with Gasteiger partial charge in [-0.3, -0.25) is 4.90 Å². The second kappa shape index (κ2) is 7.50. The van der Waals surface area contributed by atoms with Crippen molar-refractivity contribution in [3.05, 3.63) is 0 Å². The van der Waals surface area contributed by atoms with Gasteiger partial charge in [0.15, 0.2) is 12.5 Å². The number of nitrogens with one attached hydrogen (secondary N) is 1. The Bertz CT molecular complexity index is 504. The molecule has 0 spiro atoms. The molecular weight excluding hydrogens is 356 g/mol. The fourth-order valence-corrected chi connectivity index (χ4v) is 3.50. The minimum Gasteiger partial charge on any atom is -0.388 e. The van der Waals surface area contributed by atoms with Gasteiger partial charge in [0.25, 0.3) is 0 Å². The van der Waals surface area contributed by atoms with Crippen LogP contribution in [0, 0.1) is 0 Å². The van der Waals surface area contributed by atoms with E-state index in [2.05, 4.69) is 5.32 Å². The fourth-order valence-electron chi connectivity index (χ4n) is 3.50. The van der Waals surface area contributed by atoms with Crippen LogP contribution in [0.5, 0.6) is 0 Å². The molecule has 12 nitrogen and oxygen atoms in total. The third-order valence-electron chi connectivity index (χ3n) is 5.05. The number of ether oxygens (including phenoxy) is 3. The lowest BCUT2D eigenvalue weighted by Crippen LogP contribution is -2.66. The lowest BCUT2D eigenvalue weighted by atomic mass is 9.95. The molecule has 3 fully saturated rings. The topological polar surface area (TPSA) is 181 Å². The molecule has 26 heavy (non-hydrogen) atoms. The molecule has 3 aliphatic heterocycles. The molecular formula is C14H24N2O10. The minimum atomic E-state index is -1.52. The van der Waals surface area contributed by atoms with Crippen molar-refractivity contribution in [2.75, 3.05) is 20.3 Å². The van der Waals surface area contributed by atoms with Crippen molar-refractivity contribution in [1.82, 2.24) is 10.2 Å². The molecule has 0 aromatic heterocycles. The number of hydrogen-bond donors (Lipinski definition) is 7. The van der Waals surface area contributed by atoms with E-state index >= 15 is 0 Å². The molecule has 150 valence electrons. The van der Waals surface area contributed by atoms with Gasteiger partial charge in [-0.15, -0.1) is 0 Å². The fraction of sp³-hybridized carbons (Fsp3) is 0.929. The number of nitrogens with zero attached hydrogens (tertiary/aromatic N) is 1. The van der Waals surface area contributed by atoms with Crippen LogP contribution in [0.3, 0.4) is 0 Å². The van der Waals surface area contributed by atoms with Crippen molar-refractivity contribution in [2.45, 2.75) is 61.3 Å². The minimum absolute atomic E-state index is 0.0490. The highest BCUT2D eigenvalue weighted by Crippen LogP contribution is 2.31. The van der Waals surface area contributed by atoms with Crippen molar-refractivity contribution in [2.24, 2.45) is 0 Å². The van der Waals surface area contributed by atoms with Crippen LogP contribution in [-0.2, 0) is 14.2 Å². The average molecular weight is 380 g/mol. The number of urea groups is 1. The highest BCUT2D eigenvalue weighted by molar-refractivity contribution is 5.75. The summed E-state index contributed by atoms with van der Waals surface area (Å²) in [5.41, 5.74) is 0. The van der Waals surface area contributed by atoms with Crippen molar-refractivity contribution in [3.8, 4) is 0 Å². The second-order valence-electron chi connectivity index (χ2n) is 6.61. The van der Waals surface area contributed by atoms with Crippen molar-refractivity contribution in [1.29, 1.82) is 0 Å². The van der Waals surface area contributed by atoms with E-state index in [1.807, 2.05) is 0 Å². The average Bonchev–Trinajstić information content (AvgIpc) is 3.04. The van der Waals surface area contributed by atoms with Gasteiger partial charge in [0.1, 0.15) is 42.7 Å². The Labute approximate surface area is 148 Å². The predicted molar refractivity (Wildman–Crippen MR) is 80.5 cm³/mol. The molecule has 0 saturated carbocycles. The maximum atomic E-state index is 12.5. The van der Waals surface area contributed by atoms with Gasteiger partial charge in [-0.2, -0.15) is 0 Å². The van der Waals surface area contributed by atoms with Crippen LogP contribution < -0.4 is 5.32 Å². The summed E-state index contributed by atoms with van der Waals surface area (Å²) < 4.78 is 15.5. The Hall–Kier alpha value is -1.09. The molecule has 3 rings (SSSR count). The van der Waals surface area contributed by atoms with Gasteiger partial charge in [-0.25, -0.2) is 4.79 Å². The van der Waals surface area contributed by atoms with Crippen molar-refractivity contribution in [3.63, 3.8) is 0 Å². The van der Waals surface area contributed by atoms with Crippen LogP contribution >= 0.6 is 0 Å². The zero-order chi connectivity index (χ0) is 19.2. The van der Waals surface area contributed by atoms with E-state index < -0.39 is 67.3 Å². The first-order chi connectivity index (χ1) is 12.3. The molecule has 0 unspecified atom stereocenters. The molecule has 0 aliphatic carbocycles. The number of aliphatic hydroxyl groups excluding tert-OH is 6. The zero-order valence-corrected chi connectivity index (χ0v) is 14.0. The Morgan fingerprint density at radius 3 is 2.35 bits per heavy atom. The molecule has 0 aromatic rings. The van der Waals surface area contributed by atoms with E-state index in [4.69, 9.17) is 14.2 Å². The van der Waals surface area contributed by atoms with Gasteiger partial charge in [-0.05, 0) is 0 Å².